The Bertz CT molecular complexity index is 372. The number of rotatable bonds is 7. The molecule has 0 aliphatic heterocycles. The molecule has 1 heterocycles. The van der Waals surface area contributed by atoms with Crippen LogP contribution in [0.15, 0.2) is 6.20 Å². The van der Waals surface area contributed by atoms with E-state index in [1.165, 1.54) is 0 Å². The number of hydrogen-bond acceptors (Lipinski definition) is 4. The lowest BCUT2D eigenvalue weighted by atomic mass is 10.2. The van der Waals surface area contributed by atoms with Gasteiger partial charge >= 0.3 is 0 Å². The lowest BCUT2D eigenvalue weighted by molar-refractivity contribution is -0.121. The van der Waals surface area contributed by atoms with Crippen molar-refractivity contribution in [2.24, 2.45) is 5.73 Å². The van der Waals surface area contributed by atoms with Crippen molar-refractivity contribution >= 4 is 5.91 Å². The largest absolute Gasteiger partial charge is 0.353 e. The molecular formula is C11H19N5O. The van der Waals surface area contributed by atoms with Gasteiger partial charge in [-0.05, 0) is 32.2 Å². The summed E-state index contributed by atoms with van der Waals surface area (Å²) < 4.78 is 1.72. The summed E-state index contributed by atoms with van der Waals surface area (Å²) in [5.74, 6) is 0.103. The van der Waals surface area contributed by atoms with E-state index in [9.17, 15) is 4.79 Å². The molecule has 94 valence electrons. The van der Waals surface area contributed by atoms with Crippen LogP contribution in [0.2, 0.25) is 0 Å². The Hall–Kier alpha value is -1.43. The minimum atomic E-state index is 0.103. The van der Waals surface area contributed by atoms with Crippen LogP contribution in [-0.2, 0) is 17.8 Å². The minimum Gasteiger partial charge on any atom is -0.353 e. The standard InChI is InChI=1S/C11H19N5O/c12-6-1-2-10-8-16(15-14-10)7-5-11(17)13-9-3-4-9/h8-9H,1-7,12H2,(H,13,17). The molecule has 3 N–H and O–H groups in total. The summed E-state index contributed by atoms with van der Waals surface area (Å²) in [5.41, 5.74) is 6.37. The Morgan fingerprint density at radius 2 is 2.41 bits per heavy atom. The van der Waals surface area contributed by atoms with Crippen molar-refractivity contribution in [1.29, 1.82) is 0 Å². The van der Waals surface area contributed by atoms with E-state index < -0.39 is 0 Å². The molecule has 0 aromatic carbocycles. The van der Waals surface area contributed by atoms with Gasteiger partial charge in [-0.3, -0.25) is 9.48 Å². The third-order valence-electron chi connectivity index (χ3n) is 2.73. The van der Waals surface area contributed by atoms with Crippen LogP contribution in [0.25, 0.3) is 0 Å². The molecule has 2 rings (SSSR count). The highest BCUT2D eigenvalue weighted by Gasteiger charge is 2.22. The van der Waals surface area contributed by atoms with Gasteiger partial charge in [0.15, 0.2) is 0 Å². The topological polar surface area (TPSA) is 85.8 Å². The fraction of sp³-hybridized carbons (Fsp3) is 0.727. The van der Waals surface area contributed by atoms with Gasteiger partial charge in [-0.1, -0.05) is 5.21 Å². The number of carbonyl (C=O) groups is 1. The minimum absolute atomic E-state index is 0.103. The van der Waals surface area contributed by atoms with Crippen LogP contribution in [0, 0.1) is 0 Å². The molecule has 0 atom stereocenters. The Kier molecular flexibility index (Phi) is 4.08. The van der Waals surface area contributed by atoms with E-state index in [2.05, 4.69) is 15.6 Å². The van der Waals surface area contributed by atoms with E-state index in [4.69, 9.17) is 5.73 Å². The maximum absolute atomic E-state index is 11.5. The van der Waals surface area contributed by atoms with Crippen molar-refractivity contribution in [3.05, 3.63) is 11.9 Å². The quantitative estimate of drug-likeness (QED) is 0.690. The van der Waals surface area contributed by atoms with Crippen LogP contribution in [0.1, 0.15) is 31.4 Å². The molecule has 17 heavy (non-hydrogen) atoms. The second kappa shape index (κ2) is 5.77. The van der Waals surface area contributed by atoms with E-state index in [1.54, 1.807) is 4.68 Å². The monoisotopic (exact) mass is 237 g/mol. The zero-order valence-corrected chi connectivity index (χ0v) is 9.93. The number of carbonyl (C=O) groups excluding carboxylic acids is 1. The predicted molar refractivity (Wildman–Crippen MR) is 63.2 cm³/mol. The first-order chi connectivity index (χ1) is 8.28. The maximum atomic E-state index is 11.5. The van der Waals surface area contributed by atoms with Crippen molar-refractivity contribution in [3.8, 4) is 0 Å². The number of nitrogens with zero attached hydrogens (tertiary/aromatic N) is 3. The first-order valence-corrected chi connectivity index (χ1v) is 6.16. The molecule has 1 aliphatic carbocycles. The van der Waals surface area contributed by atoms with E-state index in [1.807, 2.05) is 6.20 Å². The van der Waals surface area contributed by atoms with Crippen LogP contribution < -0.4 is 11.1 Å². The molecular weight excluding hydrogens is 218 g/mol. The van der Waals surface area contributed by atoms with Crippen molar-refractivity contribution in [1.82, 2.24) is 20.3 Å². The average molecular weight is 237 g/mol. The fourth-order valence-corrected chi connectivity index (χ4v) is 1.59. The van der Waals surface area contributed by atoms with Gasteiger partial charge in [0.05, 0.1) is 12.2 Å². The highest BCUT2D eigenvalue weighted by Crippen LogP contribution is 2.18. The third kappa shape index (κ3) is 4.14. The van der Waals surface area contributed by atoms with Gasteiger partial charge in [0.1, 0.15) is 0 Å². The second-order valence-corrected chi connectivity index (χ2v) is 4.46. The lowest BCUT2D eigenvalue weighted by Gasteiger charge is -2.02. The predicted octanol–water partition coefficient (Wildman–Crippen LogP) is -0.162. The van der Waals surface area contributed by atoms with Crippen LogP contribution in [0.4, 0.5) is 0 Å². The Morgan fingerprint density at radius 1 is 1.59 bits per heavy atom. The molecule has 1 amide bonds. The van der Waals surface area contributed by atoms with Gasteiger partial charge in [0, 0.05) is 18.7 Å². The second-order valence-electron chi connectivity index (χ2n) is 4.46. The normalized spacial score (nSPS) is 14.9. The third-order valence-corrected chi connectivity index (χ3v) is 2.73. The number of hydrogen-bond donors (Lipinski definition) is 2. The summed E-state index contributed by atoms with van der Waals surface area (Å²) >= 11 is 0. The van der Waals surface area contributed by atoms with Crippen LogP contribution >= 0.6 is 0 Å². The molecule has 0 radical (unpaired) electrons. The van der Waals surface area contributed by atoms with Crippen molar-refractivity contribution < 1.29 is 4.79 Å². The lowest BCUT2D eigenvalue weighted by Crippen LogP contribution is -2.26. The Labute approximate surface area is 101 Å². The Balaban J connectivity index is 1.70. The van der Waals surface area contributed by atoms with Gasteiger partial charge in [-0.2, -0.15) is 0 Å². The Morgan fingerprint density at radius 3 is 3.12 bits per heavy atom. The smallest absolute Gasteiger partial charge is 0.222 e. The maximum Gasteiger partial charge on any atom is 0.222 e. The van der Waals surface area contributed by atoms with E-state index in [0.717, 1.165) is 31.4 Å². The molecule has 0 unspecified atom stereocenters. The van der Waals surface area contributed by atoms with E-state index in [0.29, 0.717) is 25.6 Å². The fourth-order valence-electron chi connectivity index (χ4n) is 1.59. The molecule has 0 saturated heterocycles. The van der Waals surface area contributed by atoms with Crippen LogP contribution in [0.3, 0.4) is 0 Å². The molecule has 6 heteroatoms. The zero-order chi connectivity index (χ0) is 12.1. The van der Waals surface area contributed by atoms with Gasteiger partial charge in [0.25, 0.3) is 0 Å². The van der Waals surface area contributed by atoms with Crippen molar-refractivity contribution in [2.45, 2.75) is 44.7 Å². The summed E-state index contributed by atoms with van der Waals surface area (Å²) in [4.78, 5) is 11.5. The van der Waals surface area contributed by atoms with Crippen molar-refractivity contribution in [2.75, 3.05) is 6.54 Å². The van der Waals surface area contributed by atoms with E-state index >= 15 is 0 Å². The molecule has 1 aliphatic rings. The molecule has 1 aromatic heterocycles. The van der Waals surface area contributed by atoms with Gasteiger partial charge in [-0.15, -0.1) is 5.10 Å². The summed E-state index contributed by atoms with van der Waals surface area (Å²) in [6, 6.07) is 0.429. The first-order valence-electron chi connectivity index (χ1n) is 6.16. The first kappa shape index (κ1) is 12.0. The number of amides is 1. The number of nitrogens with two attached hydrogens (primary N) is 1. The number of aromatic nitrogens is 3. The molecule has 1 saturated carbocycles. The number of nitrogens with one attached hydrogen (secondary N) is 1. The molecule has 6 nitrogen and oxygen atoms in total. The summed E-state index contributed by atoms with van der Waals surface area (Å²) in [6.07, 6.45) is 6.37. The highest BCUT2D eigenvalue weighted by molar-refractivity contribution is 5.76. The summed E-state index contributed by atoms with van der Waals surface area (Å²) in [7, 11) is 0. The summed E-state index contributed by atoms with van der Waals surface area (Å²) in [6.45, 7) is 1.25. The number of aryl methyl sites for hydroxylation is 2. The molecule has 0 spiro atoms. The zero-order valence-electron chi connectivity index (χ0n) is 9.93. The van der Waals surface area contributed by atoms with Crippen molar-refractivity contribution in [3.63, 3.8) is 0 Å². The SMILES string of the molecule is NCCCc1cn(CCC(=O)NC2CC2)nn1. The van der Waals surface area contributed by atoms with Gasteiger partial charge < -0.3 is 11.1 Å². The van der Waals surface area contributed by atoms with Crippen LogP contribution in [-0.4, -0.2) is 33.5 Å². The van der Waals surface area contributed by atoms with Gasteiger partial charge in [0.2, 0.25) is 5.91 Å². The molecule has 0 bridgehead atoms. The van der Waals surface area contributed by atoms with E-state index in [-0.39, 0.29) is 5.91 Å². The average Bonchev–Trinajstić information content (AvgIpc) is 3.01. The summed E-state index contributed by atoms with van der Waals surface area (Å²) in [5, 5.41) is 11.0. The molecule has 1 fully saturated rings. The molecule has 1 aromatic rings. The highest BCUT2D eigenvalue weighted by atomic mass is 16.1. The van der Waals surface area contributed by atoms with Crippen LogP contribution in [0.5, 0.6) is 0 Å². The van der Waals surface area contributed by atoms with Gasteiger partial charge in [-0.25, -0.2) is 0 Å².